The molecule has 3 heteroatoms. The molecule has 0 fully saturated rings. The first-order chi connectivity index (χ1) is 25.2. The molecule has 51 heavy (non-hydrogen) atoms. The number of benzene rings is 7. The molecule has 7 aromatic carbocycles. The maximum atomic E-state index is 6.49. The second-order valence-corrected chi connectivity index (χ2v) is 13.4. The lowest BCUT2D eigenvalue weighted by Gasteiger charge is -2.28. The fourth-order valence-corrected chi connectivity index (χ4v) is 8.09. The van der Waals surface area contributed by atoms with Crippen LogP contribution >= 0.6 is 0 Å². The van der Waals surface area contributed by atoms with Crippen molar-refractivity contribution in [1.29, 1.82) is 0 Å². The Balaban J connectivity index is 1.12. The lowest BCUT2D eigenvalue weighted by molar-refractivity contribution is 0.670. The number of hydrogen-bond donors (Lipinski definition) is 0. The minimum Gasteiger partial charge on any atom is -0.455 e. The zero-order valence-corrected chi connectivity index (χ0v) is 28.0. The molecule has 0 saturated heterocycles. The molecule has 1 aliphatic carbocycles. The molecular weight excluding hydrogens is 621 g/mol. The summed E-state index contributed by atoms with van der Waals surface area (Å²) < 4.78 is 6.49. The summed E-state index contributed by atoms with van der Waals surface area (Å²) in [5.41, 5.74) is 14.9. The molecular formula is C48H32N2O. The monoisotopic (exact) mass is 652 g/mol. The molecule has 0 amide bonds. The van der Waals surface area contributed by atoms with Crippen LogP contribution in [-0.4, -0.2) is 9.97 Å². The first-order valence-electron chi connectivity index (χ1n) is 17.4. The minimum atomic E-state index is -0.256. The maximum absolute atomic E-state index is 6.49. The van der Waals surface area contributed by atoms with Gasteiger partial charge in [-0.05, 0) is 52.4 Å². The summed E-state index contributed by atoms with van der Waals surface area (Å²) in [5.74, 6) is 0.689. The molecule has 0 radical (unpaired) electrons. The summed E-state index contributed by atoms with van der Waals surface area (Å²) in [7, 11) is 0. The van der Waals surface area contributed by atoms with Crippen molar-refractivity contribution in [1.82, 2.24) is 9.97 Å². The molecule has 2 aromatic heterocycles. The highest BCUT2D eigenvalue weighted by molar-refractivity contribution is 6.10. The van der Waals surface area contributed by atoms with E-state index < -0.39 is 0 Å². The molecule has 3 nitrogen and oxygen atoms in total. The van der Waals surface area contributed by atoms with Crippen molar-refractivity contribution >= 4 is 21.9 Å². The Morgan fingerprint density at radius 2 is 1.00 bits per heavy atom. The SMILES string of the molecule is CC1(c2ccc(-c3cc(-c4ccccc4-c4cccc5c4oc4ccccc45)nc(-c4ccccc4)n3)cc2)c2ccccc2-c2ccccc21. The van der Waals surface area contributed by atoms with Gasteiger partial charge in [-0.3, -0.25) is 0 Å². The Hall–Kier alpha value is -6.58. The Morgan fingerprint density at radius 1 is 0.431 bits per heavy atom. The number of para-hydroxylation sites is 2. The van der Waals surface area contributed by atoms with Crippen LogP contribution in [0.25, 0.3) is 78.1 Å². The molecule has 0 unspecified atom stereocenters. The Kier molecular flexibility index (Phi) is 6.62. The van der Waals surface area contributed by atoms with Gasteiger partial charge in [-0.2, -0.15) is 0 Å². The third-order valence-electron chi connectivity index (χ3n) is 10.6. The van der Waals surface area contributed by atoms with Gasteiger partial charge < -0.3 is 4.42 Å². The van der Waals surface area contributed by atoms with E-state index in [0.717, 1.165) is 61.1 Å². The molecule has 0 saturated carbocycles. The molecule has 2 heterocycles. The largest absolute Gasteiger partial charge is 0.455 e. The number of nitrogens with zero attached hydrogens (tertiary/aromatic N) is 2. The van der Waals surface area contributed by atoms with Gasteiger partial charge in [-0.15, -0.1) is 0 Å². The predicted molar refractivity (Wildman–Crippen MR) is 208 cm³/mol. The van der Waals surface area contributed by atoms with Gasteiger partial charge in [0.1, 0.15) is 11.2 Å². The van der Waals surface area contributed by atoms with Crippen LogP contribution in [0.3, 0.4) is 0 Å². The zero-order chi connectivity index (χ0) is 33.9. The molecule has 0 aliphatic heterocycles. The van der Waals surface area contributed by atoms with Crippen LogP contribution in [-0.2, 0) is 5.41 Å². The van der Waals surface area contributed by atoms with Crippen LogP contribution in [0.2, 0.25) is 0 Å². The van der Waals surface area contributed by atoms with E-state index in [1.54, 1.807) is 0 Å². The number of fused-ring (bicyclic) bond motifs is 6. The molecule has 240 valence electrons. The van der Waals surface area contributed by atoms with Crippen molar-refractivity contribution in [3.63, 3.8) is 0 Å². The lowest BCUT2D eigenvalue weighted by Crippen LogP contribution is -2.22. The van der Waals surface area contributed by atoms with E-state index in [4.69, 9.17) is 14.4 Å². The molecule has 1 aliphatic rings. The summed E-state index contributed by atoms with van der Waals surface area (Å²) in [6.07, 6.45) is 0. The zero-order valence-electron chi connectivity index (χ0n) is 28.0. The lowest BCUT2D eigenvalue weighted by atomic mass is 9.74. The quantitative estimate of drug-likeness (QED) is 0.186. The highest BCUT2D eigenvalue weighted by Crippen LogP contribution is 2.52. The maximum Gasteiger partial charge on any atom is 0.160 e. The van der Waals surface area contributed by atoms with E-state index in [1.165, 1.54) is 27.8 Å². The highest BCUT2D eigenvalue weighted by Gasteiger charge is 2.40. The van der Waals surface area contributed by atoms with E-state index in [2.05, 4.69) is 153 Å². The van der Waals surface area contributed by atoms with E-state index in [9.17, 15) is 0 Å². The summed E-state index contributed by atoms with van der Waals surface area (Å²) in [6, 6.07) is 62.0. The second-order valence-electron chi connectivity index (χ2n) is 13.4. The second kappa shape index (κ2) is 11.5. The van der Waals surface area contributed by atoms with E-state index >= 15 is 0 Å². The van der Waals surface area contributed by atoms with Crippen molar-refractivity contribution in [3.8, 4) is 56.2 Å². The summed E-state index contributed by atoms with van der Waals surface area (Å²) in [6.45, 7) is 2.35. The highest BCUT2D eigenvalue weighted by atomic mass is 16.3. The van der Waals surface area contributed by atoms with Gasteiger partial charge in [0.15, 0.2) is 5.82 Å². The van der Waals surface area contributed by atoms with Gasteiger partial charge in [-0.1, -0.05) is 164 Å². The summed E-state index contributed by atoms with van der Waals surface area (Å²) in [5, 5.41) is 2.22. The molecule has 9 aromatic rings. The van der Waals surface area contributed by atoms with Crippen LogP contribution in [0.1, 0.15) is 23.6 Å². The molecule has 0 atom stereocenters. The van der Waals surface area contributed by atoms with Gasteiger partial charge in [0.05, 0.1) is 11.4 Å². The van der Waals surface area contributed by atoms with Gasteiger partial charge in [-0.25, -0.2) is 9.97 Å². The van der Waals surface area contributed by atoms with Crippen LogP contribution < -0.4 is 0 Å². The van der Waals surface area contributed by atoms with Crippen LogP contribution in [0.5, 0.6) is 0 Å². The first kappa shape index (κ1) is 29.3. The predicted octanol–water partition coefficient (Wildman–Crippen LogP) is 12.4. The third-order valence-corrected chi connectivity index (χ3v) is 10.6. The molecule has 0 spiro atoms. The van der Waals surface area contributed by atoms with Gasteiger partial charge in [0, 0.05) is 38.4 Å². The Bertz CT molecular complexity index is 2710. The Labute approximate surface area is 296 Å². The smallest absolute Gasteiger partial charge is 0.160 e. The number of hydrogen-bond acceptors (Lipinski definition) is 3. The summed E-state index contributed by atoms with van der Waals surface area (Å²) in [4.78, 5) is 10.4. The van der Waals surface area contributed by atoms with Crippen LogP contribution in [0.15, 0.2) is 180 Å². The fraction of sp³-hybridized carbons (Fsp3) is 0.0417. The normalized spacial score (nSPS) is 13.0. The minimum absolute atomic E-state index is 0.256. The standard InChI is InChI=1S/C48H32N2O/c1-48(41-23-10-7-17-35(41)36-18-8-11-24-42(36)48)33-28-26-31(27-29-33)43-30-44(50-47(49-43)32-14-3-2-4-15-32)37-19-6-5-16-34(37)39-21-13-22-40-38-20-9-12-25-45(38)51-46(39)40/h2-30H,1H3. The van der Waals surface area contributed by atoms with Gasteiger partial charge in [0.25, 0.3) is 0 Å². The third kappa shape index (κ3) is 4.59. The average Bonchev–Trinajstić information content (AvgIpc) is 3.72. The molecule has 0 bridgehead atoms. The molecule has 0 N–H and O–H groups in total. The van der Waals surface area contributed by atoms with E-state index in [1.807, 2.05) is 30.3 Å². The summed E-state index contributed by atoms with van der Waals surface area (Å²) >= 11 is 0. The number of furan rings is 1. The van der Waals surface area contributed by atoms with Crippen molar-refractivity contribution in [2.75, 3.05) is 0 Å². The van der Waals surface area contributed by atoms with Gasteiger partial charge in [0.2, 0.25) is 0 Å². The van der Waals surface area contributed by atoms with Crippen molar-refractivity contribution in [2.45, 2.75) is 12.3 Å². The van der Waals surface area contributed by atoms with Crippen molar-refractivity contribution < 1.29 is 4.42 Å². The van der Waals surface area contributed by atoms with Crippen LogP contribution in [0.4, 0.5) is 0 Å². The fourth-order valence-electron chi connectivity index (χ4n) is 8.09. The number of rotatable bonds is 5. The van der Waals surface area contributed by atoms with Crippen molar-refractivity contribution in [2.24, 2.45) is 0 Å². The Morgan fingerprint density at radius 3 is 1.75 bits per heavy atom. The van der Waals surface area contributed by atoms with Crippen molar-refractivity contribution in [3.05, 3.63) is 193 Å². The molecule has 10 rings (SSSR count). The average molecular weight is 653 g/mol. The van der Waals surface area contributed by atoms with Gasteiger partial charge >= 0.3 is 0 Å². The number of aromatic nitrogens is 2. The van der Waals surface area contributed by atoms with E-state index in [-0.39, 0.29) is 5.41 Å². The van der Waals surface area contributed by atoms with E-state index in [0.29, 0.717) is 5.82 Å². The first-order valence-corrected chi connectivity index (χ1v) is 17.4. The van der Waals surface area contributed by atoms with Crippen LogP contribution in [0, 0.1) is 0 Å². The topological polar surface area (TPSA) is 38.9 Å².